The molecular formula is C69H77F18O22S3-3. The van der Waals surface area contributed by atoms with E-state index in [-0.39, 0.29) is 96.3 Å². The summed E-state index contributed by atoms with van der Waals surface area (Å²) < 4.78 is 365. The van der Waals surface area contributed by atoms with Gasteiger partial charge in [-0.25, -0.2) is 25.3 Å². The second kappa shape index (κ2) is 27.9. The fraction of sp³-hybridized carbons (Fsp3) is 0.855. The molecule has 43 heteroatoms. The van der Waals surface area contributed by atoms with E-state index < -0.39 is 214 Å². The summed E-state index contributed by atoms with van der Waals surface area (Å²) in [6, 6.07) is 0. The van der Waals surface area contributed by atoms with Gasteiger partial charge in [0.2, 0.25) is 0 Å². The van der Waals surface area contributed by atoms with Crippen LogP contribution in [-0.2, 0) is 92.4 Å². The van der Waals surface area contributed by atoms with Crippen molar-refractivity contribution in [3.63, 3.8) is 0 Å². The molecule has 1 aliphatic heterocycles. The highest BCUT2D eigenvalue weighted by molar-refractivity contribution is 7.86. The quantitative estimate of drug-likeness (QED) is 0.0326. The number of esters is 5. The zero-order valence-corrected chi connectivity index (χ0v) is 61.9. The van der Waals surface area contributed by atoms with E-state index in [1.165, 1.54) is 0 Å². The first kappa shape index (κ1) is 85.9. The number of Topliss-reactive ketones (excluding diaryl/α,β-unsaturated/α-hetero) is 3. The van der Waals surface area contributed by atoms with Crippen molar-refractivity contribution in [2.24, 2.45) is 135 Å². The third-order valence-electron chi connectivity index (χ3n) is 28.5. The van der Waals surface area contributed by atoms with Gasteiger partial charge in [0.25, 0.3) is 0 Å². The minimum atomic E-state index is -6.54. The summed E-state index contributed by atoms with van der Waals surface area (Å²) in [6.07, 6.45) is -29.3. The number of alkyl halides is 18. The number of hydrogen-bond donors (Lipinski definition) is 0. The van der Waals surface area contributed by atoms with Crippen molar-refractivity contribution in [2.45, 2.75) is 209 Å². The van der Waals surface area contributed by atoms with Gasteiger partial charge in [-0.2, -0.15) is 79.0 Å². The lowest BCUT2D eigenvalue weighted by atomic mass is 9.44. The topological polar surface area (TPSA) is 354 Å². The van der Waals surface area contributed by atoms with Crippen molar-refractivity contribution in [1.82, 2.24) is 0 Å². The molecule has 1 saturated heterocycles. The normalized spacial score (nSPS) is 38.7. The highest BCUT2D eigenvalue weighted by Gasteiger charge is 2.80. The number of carbonyl (C=O) groups is 8. The van der Waals surface area contributed by atoms with Gasteiger partial charge in [0.05, 0.1) is 70.8 Å². The van der Waals surface area contributed by atoms with Gasteiger partial charge >= 0.3 is 83.7 Å². The van der Waals surface area contributed by atoms with Crippen LogP contribution in [0.15, 0.2) is 12.2 Å². The Morgan fingerprint density at radius 1 is 0.562 bits per heavy atom. The second-order valence-electron chi connectivity index (χ2n) is 34.5. The van der Waals surface area contributed by atoms with Crippen LogP contribution in [0.5, 0.6) is 0 Å². The summed E-state index contributed by atoms with van der Waals surface area (Å²) in [7, 11) is -18.4. The standard InChI is InChI=1S/C28H36F6O8S.C24H26F6O9S.C17H18F6O5S/c1-14(4-7-22(38)42-26(27(29,30)31,28(32,33)34)13-43(39,40)41)17-5-6-18-23-19(12-21(37)25(17,18)3)24(2)9-8-16(35)10-15(24)11-20(23)36;25-23(26,27)22(24(28,29)30,8-40(34,35)36)39-19(32)15-13-4-12-14(15)18(31)37-16(12)17(13)38-20(33)21-5-9-1-10(6-21)3-11(2-9)7-21;18-16(19,20)15(17(21,22)23,6-29(25,26)27)28-14(24)11-5-9-4-10(11)13-8-2-1-7(3-8)12(9)13/h14-15,17-19,23H,4-13H2,1-3H3,(H,39,40,41);9-17H,1-8H2,(H,34,35,36);1-2,7-13H,3-6H2,(H,25,26,27)/p-3. The number of allylic oxidation sites excluding steroid dienone is 2. The first-order chi connectivity index (χ1) is 51.0. The average molecular weight is 1700 g/mol. The van der Waals surface area contributed by atoms with Crippen LogP contribution in [0.1, 0.15) is 143 Å². The Morgan fingerprint density at radius 3 is 1.54 bits per heavy atom. The Bertz CT molecular complexity index is 4130. The minimum absolute atomic E-state index is 0.00625. The first-order valence-electron chi connectivity index (χ1n) is 36.5. The molecule has 15 rings (SSSR count). The van der Waals surface area contributed by atoms with Gasteiger partial charge in [0.15, 0.2) is 0 Å². The van der Waals surface area contributed by atoms with Gasteiger partial charge in [-0.1, -0.05) is 32.9 Å². The van der Waals surface area contributed by atoms with Crippen LogP contribution in [0, 0.1) is 135 Å². The van der Waals surface area contributed by atoms with E-state index in [2.05, 4.69) is 20.3 Å². The number of rotatable bonds is 17. The predicted molar refractivity (Wildman–Crippen MR) is 332 cm³/mol. The fourth-order valence-corrected chi connectivity index (χ4v) is 26.8. The maximum Gasteiger partial charge on any atom is 0.438 e. The molecule has 632 valence electrons. The molecule has 0 aromatic rings. The Balaban J connectivity index is 0.000000159. The number of halogens is 18. The van der Waals surface area contributed by atoms with Crippen LogP contribution in [0.2, 0.25) is 0 Å². The van der Waals surface area contributed by atoms with Crippen LogP contribution >= 0.6 is 0 Å². The average Bonchev–Trinajstić information content (AvgIpc) is 1.50. The second-order valence-corrected chi connectivity index (χ2v) is 38.8. The van der Waals surface area contributed by atoms with E-state index in [1.54, 1.807) is 13.8 Å². The third-order valence-corrected chi connectivity index (χ3v) is 30.8. The number of ketones is 3. The smallest absolute Gasteiger partial charge is 0.438 e. The number of fused-ring (bicyclic) bond motifs is 15. The molecular weight excluding hydrogens is 1620 g/mol. The van der Waals surface area contributed by atoms with Crippen molar-refractivity contribution in [1.29, 1.82) is 0 Å². The summed E-state index contributed by atoms with van der Waals surface area (Å²) in [4.78, 5) is 103. The van der Waals surface area contributed by atoms with Crippen LogP contribution in [0.25, 0.3) is 0 Å². The van der Waals surface area contributed by atoms with Gasteiger partial charge in [-0.15, -0.1) is 0 Å². The van der Waals surface area contributed by atoms with Gasteiger partial charge in [0.1, 0.15) is 29.6 Å². The largest absolute Gasteiger partial charge is 0.748 e. The van der Waals surface area contributed by atoms with E-state index >= 15 is 0 Å². The molecule has 0 aromatic heterocycles. The first-order valence-corrected chi connectivity index (χ1v) is 41.3. The van der Waals surface area contributed by atoms with Crippen LogP contribution in [0.3, 0.4) is 0 Å². The lowest BCUT2D eigenvalue weighted by Gasteiger charge is -2.58. The summed E-state index contributed by atoms with van der Waals surface area (Å²) in [5.41, 5.74) is -18.7. The summed E-state index contributed by atoms with van der Waals surface area (Å²) in [5, 5.41) is 0. The van der Waals surface area contributed by atoms with Crippen LogP contribution < -0.4 is 0 Å². The van der Waals surface area contributed by atoms with E-state index in [9.17, 15) is 156 Å². The van der Waals surface area contributed by atoms with E-state index in [0.717, 1.165) is 25.7 Å². The van der Waals surface area contributed by atoms with Crippen molar-refractivity contribution >= 4 is 77.6 Å². The van der Waals surface area contributed by atoms with E-state index in [4.69, 9.17) is 9.47 Å². The molecule has 21 unspecified atom stereocenters. The number of ether oxygens (including phenoxy) is 5. The van der Waals surface area contributed by atoms with Gasteiger partial charge < -0.3 is 37.3 Å². The Kier molecular flexibility index (Phi) is 21.4. The summed E-state index contributed by atoms with van der Waals surface area (Å²) in [5.74, 6) is -23.9. The predicted octanol–water partition coefficient (Wildman–Crippen LogP) is 10.8. The third kappa shape index (κ3) is 14.6. The molecule has 10 bridgehead atoms. The summed E-state index contributed by atoms with van der Waals surface area (Å²) >= 11 is 0. The summed E-state index contributed by atoms with van der Waals surface area (Å²) in [6.45, 7) is 5.40. The zero-order valence-electron chi connectivity index (χ0n) is 59.4. The monoisotopic (exact) mass is 1700 g/mol. The molecule has 14 aliphatic carbocycles. The molecule has 112 heavy (non-hydrogen) atoms. The van der Waals surface area contributed by atoms with Crippen molar-refractivity contribution in [3.05, 3.63) is 12.2 Å². The lowest BCUT2D eigenvalue weighted by Crippen LogP contribution is -2.64. The molecule has 0 aromatic carbocycles. The lowest BCUT2D eigenvalue weighted by molar-refractivity contribution is -0.363. The molecule has 13 saturated carbocycles. The van der Waals surface area contributed by atoms with E-state index in [1.807, 2.05) is 13.0 Å². The SMILES string of the molecule is CC(CCC(=O)OC(CS(=O)(=O)[O-])(C(F)(F)F)C(F)(F)F)C1CCC2C3C(=O)CC4CC(=O)CCC4(C)C3CC(=O)C12C.O=C(OC(CS(=O)(=O)[O-])(C(F)(F)F)C(F)(F)F)C1CC2CC1C1C3C=CC(C3)C21.O=C1OC2C3CC(C2OC(=O)C24CC5CC(CC(C5)C2)C4)C(C(=O)OC(CS(=O)(=O)[O-])(C(F)(F)F)C(F)(F)F)C13. The molecule has 21 atom stereocenters. The number of carbonyl (C=O) groups excluding carboxylic acids is 8. The molecule has 14 fully saturated rings. The van der Waals surface area contributed by atoms with Crippen molar-refractivity contribution in [3.8, 4) is 0 Å². The molecule has 22 nitrogen and oxygen atoms in total. The van der Waals surface area contributed by atoms with Gasteiger partial charge in [0, 0.05) is 55.3 Å². The van der Waals surface area contributed by atoms with Gasteiger partial charge in [-0.05, 0) is 178 Å². The molecule has 15 aliphatic rings. The number of hydrogen-bond acceptors (Lipinski definition) is 22. The van der Waals surface area contributed by atoms with Crippen LogP contribution in [0.4, 0.5) is 79.0 Å². The molecule has 0 N–H and O–H groups in total. The Morgan fingerprint density at radius 2 is 1.04 bits per heavy atom. The van der Waals surface area contributed by atoms with Crippen molar-refractivity contribution < 1.29 is 180 Å². The Labute approximate surface area is 628 Å². The highest BCUT2D eigenvalue weighted by Crippen LogP contribution is 2.70. The molecule has 0 amide bonds. The molecule has 0 spiro atoms. The Hall–Kier alpha value is -5.43. The highest BCUT2D eigenvalue weighted by atomic mass is 32.2. The molecule has 0 radical (unpaired) electrons. The van der Waals surface area contributed by atoms with Crippen molar-refractivity contribution in [2.75, 3.05) is 17.3 Å². The van der Waals surface area contributed by atoms with Crippen LogP contribution in [-0.4, -0.2) is 169 Å². The molecule has 1 heterocycles. The fourth-order valence-electron chi connectivity index (χ4n) is 24.2. The zero-order chi connectivity index (χ0) is 83.3. The van der Waals surface area contributed by atoms with E-state index in [0.29, 0.717) is 81.5 Å². The van der Waals surface area contributed by atoms with Gasteiger partial charge in [-0.3, -0.25) is 38.4 Å². The maximum atomic E-state index is 13.8. The maximum absolute atomic E-state index is 13.8. The minimum Gasteiger partial charge on any atom is -0.748 e.